The maximum Gasteiger partial charge on any atom is 0.175 e. The van der Waals surface area contributed by atoms with E-state index in [1.807, 2.05) is 18.3 Å². The highest BCUT2D eigenvalue weighted by atomic mass is 32.2. The Morgan fingerprint density at radius 2 is 1.95 bits per heavy atom. The van der Waals surface area contributed by atoms with Gasteiger partial charge in [-0.2, -0.15) is 0 Å². The Bertz CT molecular complexity index is 655. The lowest BCUT2D eigenvalue weighted by Gasteiger charge is -2.08. The average Bonchev–Trinajstić information content (AvgIpc) is 2.47. The summed E-state index contributed by atoms with van der Waals surface area (Å²) < 4.78 is 28.2. The standard InChI is InChI=1S/C15H18N2O3S/c1-21(18,19)15-6-4-14(5-7-15)20-10-9-17-12-13-3-2-8-16-11-13/h2-8,11,17H,9-10,12H2,1H3. The number of nitrogens with zero attached hydrogens (tertiary/aromatic N) is 1. The molecule has 0 aliphatic carbocycles. The Hall–Kier alpha value is -1.92. The van der Waals surface area contributed by atoms with E-state index in [2.05, 4.69) is 10.3 Å². The number of benzene rings is 1. The van der Waals surface area contributed by atoms with Crippen LogP contribution in [0.2, 0.25) is 0 Å². The molecule has 112 valence electrons. The minimum atomic E-state index is -3.15. The summed E-state index contributed by atoms with van der Waals surface area (Å²) in [5.74, 6) is 0.658. The molecule has 0 radical (unpaired) electrons. The van der Waals surface area contributed by atoms with E-state index in [-0.39, 0.29) is 0 Å². The molecular formula is C15H18N2O3S. The lowest BCUT2D eigenvalue weighted by molar-refractivity contribution is 0.313. The first-order valence-corrected chi connectivity index (χ1v) is 8.47. The van der Waals surface area contributed by atoms with Crippen molar-refractivity contribution in [1.29, 1.82) is 0 Å². The van der Waals surface area contributed by atoms with Crippen LogP contribution in [0.1, 0.15) is 5.56 Å². The number of sulfone groups is 1. The highest BCUT2D eigenvalue weighted by Crippen LogP contribution is 2.15. The Kier molecular flexibility index (Phi) is 5.30. The third-order valence-electron chi connectivity index (χ3n) is 2.85. The lowest BCUT2D eigenvalue weighted by atomic mass is 10.3. The number of pyridine rings is 1. The first-order valence-electron chi connectivity index (χ1n) is 6.58. The van der Waals surface area contributed by atoms with Crippen LogP contribution < -0.4 is 10.1 Å². The van der Waals surface area contributed by atoms with Crippen molar-refractivity contribution in [3.05, 3.63) is 54.4 Å². The molecule has 0 amide bonds. The molecular weight excluding hydrogens is 288 g/mol. The second-order valence-corrected chi connectivity index (χ2v) is 6.65. The van der Waals surface area contributed by atoms with Crippen LogP contribution in [-0.4, -0.2) is 32.8 Å². The Labute approximate surface area is 124 Å². The van der Waals surface area contributed by atoms with Crippen LogP contribution in [0.5, 0.6) is 5.75 Å². The van der Waals surface area contributed by atoms with Gasteiger partial charge in [0.25, 0.3) is 0 Å². The normalized spacial score (nSPS) is 11.3. The van der Waals surface area contributed by atoms with Crippen molar-refractivity contribution in [2.45, 2.75) is 11.4 Å². The zero-order valence-corrected chi connectivity index (χ0v) is 12.6. The predicted molar refractivity (Wildman–Crippen MR) is 81.0 cm³/mol. The van der Waals surface area contributed by atoms with Gasteiger partial charge in [0.15, 0.2) is 9.84 Å². The number of aromatic nitrogens is 1. The second kappa shape index (κ2) is 7.19. The Balaban J connectivity index is 1.71. The zero-order chi connectivity index (χ0) is 15.1. The van der Waals surface area contributed by atoms with Gasteiger partial charge in [0.05, 0.1) is 4.90 Å². The van der Waals surface area contributed by atoms with Gasteiger partial charge in [-0.3, -0.25) is 4.98 Å². The molecule has 6 heteroatoms. The van der Waals surface area contributed by atoms with Gasteiger partial charge in [-0.1, -0.05) is 6.07 Å². The van der Waals surface area contributed by atoms with Crippen molar-refractivity contribution >= 4 is 9.84 Å². The van der Waals surface area contributed by atoms with E-state index in [1.54, 1.807) is 30.5 Å². The second-order valence-electron chi connectivity index (χ2n) is 4.63. The van der Waals surface area contributed by atoms with Gasteiger partial charge in [-0.05, 0) is 35.9 Å². The molecule has 21 heavy (non-hydrogen) atoms. The molecule has 5 nitrogen and oxygen atoms in total. The van der Waals surface area contributed by atoms with Crippen LogP contribution >= 0.6 is 0 Å². The molecule has 1 N–H and O–H groups in total. The Morgan fingerprint density at radius 3 is 2.57 bits per heavy atom. The van der Waals surface area contributed by atoms with Crippen molar-refractivity contribution in [2.75, 3.05) is 19.4 Å². The summed E-state index contributed by atoms with van der Waals surface area (Å²) in [6, 6.07) is 10.3. The molecule has 0 aliphatic heterocycles. The van der Waals surface area contributed by atoms with Crippen molar-refractivity contribution in [1.82, 2.24) is 10.3 Å². The number of nitrogens with one attached hydrogen (secondary N) is 1. The zero-order valence-electron chi connectivity index (χ0n) is 11.8. The highest BCUT2D eigenvalue weighted by molar-refractivity contribution is 7.90. The number of hydrogen-bond acceptors (Lipinski definition) is 5. The molecule has 2 rings (SSSR count). The van der Waals surface area contributed by atoms with Crippen molar-refractivity contribution in [3.8, 4) is 5.75 Å². The van der Waals surface area contributed by atoms with Crippen molar-refractivity contribution in [2.24, 2.45) is 0 Å². The summed E-state index contributed by atoms with van der Waals surface area (Å²) in [7, 11) is -3.15. The van der Waals surface area contributed by atoms with Gasteiger partial charge in [0, 0.05) is 31.7 Å². The molecule has 1 aromatic heterocycles. The van der Waals surface area contributed by atoms with Crippen LogP contribution in [0.4, 0.5) is 0 Å². The molecule has 0 atom stereocenters. The maximum atomic E-state index is 11.3. The van der Waals surface area contributed by atoms with Gasteiger partial charge in [0.1, 0.15) is 12.4 Å². The first-order chi connectivity index (χ1) is 10.1. The van der Waals surface area contributed by atoms with Crippen molar-refractivity contribution in [3.63, 3.8) is 0 Å². The van der Waals surface area contributed by atoms with Crippen LogP contribution in [-0.2, 0) is 16.4 Å². The fourth-order valence-corrected chi connectivity index (χ4v) is 2.39. The summed E-state index contributed by atoms with van der Waals surface area (Å²) >= 11 is 0. The molecule has 0 fully saturated rings. The SMILES string of the molecule is CS(=O)(=O)c1ccc(OCCNCc2cccnc2)cc1. The van der Waals surface area contributed by atoms with E-state index in [9.17, 15) is 8.42 Å². The van der Waals surface area contributed by atoms with E-state index in [0.29, 0.717) is 23.8 Å². The first kappa shape index (κ1) is 15.5. The lowest BCUT2D eigenvalue weighted by Crippen LogP contribution is -2.20. The molecule has 1 aromatic carbocycles. The quantitative estimate of drug-likeness (QED) is 0.788. The largest absolute Gasteiger partial charge is 0.492 e. The molecule has 0 bridgehead atoms. The van der Waals surface area contributed by atoms with E-state index in [1.165, 1.54) is 6.26 Å². The van der Waals surface area contributed by atoms with Crippen LogP contribution in [0.3, 0.4) is 0 Å². The van der Waals surface area contributed by atoms with Gasteiger partial charge >= 0.3 is 0 Å². The third-order valence-corrected chi connectivity index (χ3v) is 3.98. The summed E-state index contributed by atoms with van der Waals surface area (Å²) in [4.78, 5) is 4.33. The fourth-order valence-electron chi connectivity index (χ4n) is 1.76. The average molecular weight is 306 g/mol. The molecule has 0 spiro atoms. The van der Waals surface area contributed by atoms with Gasteiger partial charge in [-0.25, -0.2) is 8.42 Å². The molecule has 1 heterocycles. The van der Waals surface area contributed by atoms with E-state index < -0.39 is 9.84 Å². The molecule has 0 aliphatic rings. The van der Waals surface area contributed by atoms with Gasteiger partial charge in [-0.15, -0.1) is 0 Å². The summed E-state index contributed by atoms with van der Waals surface area (Å²) in [5.41, 5.74) is 1.12. The number of rotatable bonds is 7. The summed E-state index contributed by atoms with van der Waals surface area (Å²) in [6.45, 7) is 1.95. The summed E-state index contributed by atoms with van der Waals surface area (Å²) in [6.07, 6.45) is 4.75. The number of hydrogen-bond donors (Lipinski definition) is 1. The third kappa shape index (κ3) is 5.17. The number of ether oxygens (including phenoxy) is 1. The minimum absolute atomic E-state index is 0.296. The van der Waals surface area contributed by atoms with E-state index in [0.717, 1.165) is 12.1 Å². The minimum Gasteiger partial charge on any atom is -0.492 e. The van der Waals surface area contributed by atoms with Gasteiger partial charge < -0.3 is 10.1 Å². The molecule has 2 aromatic rings. The van der Waals surface area contributed by atoms with E-state index in [4.69, 9.17) is 4.74 Å². The highest BCUT2D eigenvalue weighted by Gasteiger charge is 2.06. The van der Waals surface area contributed by atoms with Crippen LogP contribution in [0.25, 0.3) is 0 Å². The fraction of sp³-hybridized carbons (Fsp3) is 0.267. The van der Waals surface area contributed by atoms with Gasteiger partial charge in [0.2, 0.25) is 0 Å². The van der Waals surface area contributed by atoms with Crippen LogP contribution in [0.15, 0.2) is 53.7 Å². The smallest absolute Gasteiger partial charge is 0.175 e. The monoisotopic (exact) mass is 306 g/mol. The van der Waals surface area contributed by atoms with Crippen LogP contribution in [0, 0.1) is 0 Å². The Morgan fingerprint density at radius 1 is 1.19 bits per heavy atom. The van der Waals surface area contributed by atoms with Crippen molar-refractivity contribution < 1.29 is 13.2 Å². The molecule has 0 saturated heterocycles. The van der Waals surface area contributed by atoms with E-state index >= 15 is 0 Å². The molecule has 0 unspecified atom stereocenters. The predicted octanol–water partition coefficient (Wildman–Crippen LogP) is 1.65. The summed E-state index contributed by atoms with van der Waals surface area (Å²) in [5, 5.41) is 3.25. The molecule has 0 saturated carbocycles. The topological polar surface area (TPSA) is 68.3 Å². The maximum absolute atomic E-state index is 11.3.